The fourth-order valence-electron chi connectivity index (χ4n) is 2.40. The van der Waals surface area contributed by atoms with Gasteiger partial charge in [0.25, 0.3) is 0 Å². The molecule has 0 bridgehead atoms. The van der Waals surface area contributed by atoms with E-state index in [2.05, 4.69) is 26.3 Å². The number of benzene rings is 1. The number of rotatable bonds is 5. The maximum absolute atomic E-state index is 5.19. The summed E-state index contributed by atoms with van der Waals surface area (Å²) in [6.07, 6.45) is 1.75. The molecule has 122 valence electrons. The molecule has 1 N–H and O–H groups in total. The van der Waals surface area contributed by atoms with Gasteiger partial charge < -0.3 is 10.1 Å². The molecular formula is C19H20N4O. The maximum atomic E-state index is 5.19. The van der Waals surface area contributed by atoms with E-state index in [1.807, 2.05) is 50.2 Å². The van der Waals surface area contributed by atoms with Gasteiger partial charge in [-0.15, -0.1) is 0 Å². The lowest BCUT2D eigenvalue weighted by atomic mass is 10.2. The molecule has 5 heteroatoms. The van der Waals surface area contributed by atoms with Gasteiger partial charge in [-0.05, 0) is 43.7 Å². The standard InChI is InChI=1S/C19H20N4O/c1-13-14(2)21-19(17-9-4-5-10-20-17)23-18(13)22-16-8-6-7-15(11-16)12-24-3/h4-11H,12H2,1-3H3,(H,21,22,23). The van der Waals surface area contributed by atoms with Crippen LogP contribution >= 0.6 is 0 Å². The number of anilines is 2. The van der Waals surface area contributed by atoms with Gasteiger partial charge in [-0.1, -0.05) is 18.2 Å². The van der Waals surface area contributed by atoms with Gasteiger partial charge in [-0.2, -0.15) is 0 Å². The van der Waals surface area contributed by atoms with Crippen LogP contribution in [-0.4, -0.2) is 22.1 Å². The van der Waals surface area contributed by atoms with Crippen molar-refractivity contribution in [3.05, 3.63) is 65.5 Å². The number of hydrogen-bond acceptors (Lipinski definition) is 5. The van der Waals surface area contributed by atoms with E-state index < -0.39 is 0 Å². The van der Waals surface area contributed by atoms with Gasteiger partial charge in [-0.25, -0.2) is 9.97 Å². The van der Waals surface area contributed by atoms with Crippen LogP contribution in [0.1, 0.15) is 16.8 Å². The summed E-state index contributed by atoms with van der Waals surface area (Å²) in [5.41, 5.74) is 4.79. The molecule has 0 saturated carbocycles. The average Bonchev–Trinajstić information content (AvgIpc) is 2.60. The Labute approximate surface area is 141 Å². The number of aryl methyl sites for hydroxylation is 1. The van der Waals surface area contributed by atoms with E-state index in [1.165, 1.54) is 0 Å². The Bertz CT molecular complexity index is 834. The van der Waals surface area contributed by atoms with Gasteiger partial charge in [0.05, 0.1) is 6.61 Å². The van der Waals surface area contributed by atoms with Crippen molar-refractivity contribution < 1.29 is 4.74 Å². The summed E-state index contributed by atoms with van der Waals surface area (Å²) < 4.78 is 5.19. The molecule has 2 heterocycles. The molecule has 0 radical (unpaired) electrons. The molecule has 0 amide bonds. The predicted molar refractivity (Wildman–Crippen MR) is 95.2 cm³/mol. The minimum atomic E-state index is 0.580. The Hall–Kier alpha value is -2.79. The van der Waals surface area contributed by atoms with E-state index in [1.54, 1.807) is 13.3 Å². The third-order valence-corrected chi connectivity index (χ3v) is 3.78. The van der Waals surface area contributed by atoms with Crippen LogP contribution in [0.5, 0.6) is 0 Å². The first-order chi connectivity index (χ1) is 11.7. The normalized spacial score (nSPS) is 10.6. The first-order valence-electron chi connectivity index (χ1n) is 7.79. The molecule has 5 nitrogen and oxygen atoms in total. The van der Waals surface area contributed by atoms with Crippen LogP contribution < -0.4 is 5.32 Å². The van der Waals surface area contributed by atoms with Crippen molar-refractivity contribution in [1.29, 1.82) is 0 Å². The lowest BCUT2D eigenvalue weighted by Crippen LogP contribution is -2.04. The van der Waals surface area contributed by atoms with Crippen molar-refractivity contribution in [3.8, 4) is 11.5 Å². The van der Waals surface area contributed by atoms with E-state index in [9.17, 15) is 0 Å². The third-order valence-electron chi connectivity index (χ3n) is 3.78. The van der Waals surface area contributed by atoms with Crippen molar-refractivity contribution in [2.45, 2.75) is 20.5 Å². The van der Waals surface area contributed by atoms with Crippen molar-refractivity contribution in [2.75, 3.05) is 12.4 Å². The highest BCUT2D eigenvalue weighted by atomic mass is 16.5. The summed E-state index contributed by atoms with van der Waals surface area (Å²) >= 11 is 0. The molecule has 0 fully saturated rings. The largest absolute Gasteiger partial charge is 0.380 e. The zero-order valence-electron chi connectivity index (χ0n) is 14.1. The van der Waals surface area contributed by atoms with Crippen LogP contribution in [0.15, 0.2) is 48.7 Å². The van der Waals surface area contributed by atoms with Crippen molar-refractivity contribution in [1.82, 2.24) is 15.0 Å². The van der Waals surface area contributed by atoms with E-state index >= 15 is 0 Å². The van der Waals surface area contributed by atoms with Crippen molar-refractivity contribution >= 4 is 11.5 Å². The van der Waals surface area contributed by atoms with Gasteiger partial charge in [0.2, 0.25) is 0 Å². The second-order valence-electron chi connectivity index (χ2n) is 5.58. The summed E-state index contributed by atoms with van der Waals surface area (Å²) in [6, 6.07) is 13.8. The molecule has 3 rings (SSSR count). The summed E-state index contributed by atoms with van der Waals surface area (Å²) in [5, 5.41) is 3.39. The summed E-state index contributed by atoms with van der Waals surface area (Å²) in [6.45, 7) is 4.57. The van der Waals surface area contributed by atoms with Gasteiger partial charge in [0.1, 0.15) is 11.5 Å². The van der Waals surface area contributed by atoms with Crippen molar-refractivity contribution in [2.24, 2.45) is 0 Å². The van der Waals surface area contributed by atoms with E-state index in [4.69, 9.17) is 4.74 Å². The van der Waals surface area contributed by atoms with Crippen LogP contribution in [0.4, 0.5) is 11.5 Å². The molecule has 0 atom stereocenters. The number of ether oxygens (including phenoxy) is 1. The summed E-state index contributed by atoms with van der Waals surface area (Å²) in [5.74, 6) is 1.41. The number of hydrogen-bond donors (Lipinski definition) is 1. The number of pyridine rings is 1. The molecule has 3 aromatic rings. The summed E-state index contributed by atoms with van der Waals surface area (Å²) in [7, 11) is 1.69. The van der Waals surface area contributed by atoms with Gasteiger partial charge in [0.15, 0.2) is 5.82 Å². The van der Waals surface area contributed by atoms with Crippen LogP contribution in [0.25, 0.3) is 11.5 Å². The van der Waals surface area contributed by atoms with Gasteiger partial charge in [0, 0.05) is 30.3 Å². The molecular weight excluding hydrogens is 300 g/mol. The van der Waals surface area contributed by atoms with Crippen molar-refractivity contribution in [3.63, 3.8) is 0 Å². The Balaban J connectivity index is 1.96. The third kappa shape index (κ3) is 3.58. The van der Waals surface area contributed by atoms with Crippen LogP contribution in [0.3, 0.4) is 0 Å². The van der Waals surface area contributed by atoms with Gasteiger partial charge in [-0.3, -0.25) is 4.98 Å². The van der Waals surface area contributed by atoms with Crippen LogP contribution in [0, 0.1) is 13.8 Å². The number of nitrogens with zero attached hydrogens (tertiary/aromatic N) is 3. The number of methoxy groups -OCH3 is 1. The molecule has 0 aliphatic heterocycles. The Morgan fingerprint density at radius 1 is 1.04 bits per heavy atom. The SMILES string of the molecule is COCc1cccc(Nc2nc(-c3ccccn3)nc(C)c2C)c1. The first-order valence-corrected chi connectivity index (χ1v) is 7.79. The lowest BCUT2D eigenvalue weighted by Gasteiger charge is -2.13. The molecule has 0 aliphatic carbocycles. The average molecular weight is 320 g/mol. The second-order valence-corrected chi connectivity index (χ2v) is 5.58. The molecule has 1 aromatic carbocycles. The highest BCUT2D eigenvalue weighted by molar-refractivity contribution is 5.63. The number of aromatic nitrogens is 3. The zero-order chi connectivity index (χ0) is 16.9. The van der Waals surface area contributed by atoms with Gasteiger partial charge >= 0.3 is 0 Å². The number of nitrogens with one attached hydrogen (secondary N) is 1. The van der Waals surface area contributed by atoms with Crippen LogP contribution in [-0.2, 0) is 11.3 Å². The maximum Gasteiger partial charge on any atom is 0.180 e. The lowest BCUT2D eigenvalue weighted by molar-refractivity contribution is 0.185. The smallest absolute Gasteiger partial charge is 0.180 e. The Morgan fingerprint density at radius 2 is 1.92 bits per heavy atom. The topological polar surface area (TPSA) is 59.9 Å². The quantitative estimate of drug-likeness (QED) is 0.768. The minimum absolute atomic E-state index is 0.580. The summed E-state index contributed by atoms with van der Waals surface area (Å²) in [4.78, 5) is 13.6. The Kier molecular flexibility index (Phi) is 4.82. The molecule has 24 heavy (non-hydrogen) atoms. The fourth-order valence-corrected chi connectivity index (χ4v) is 2.40. The first kappa shape index (κ1) is 16.1. The fraction of sp³-hybridized carbons (Fsp3) is 0.211. The van der Waals surface area contributed by atoms with Crippen LogP contribution in [0.2, 0.25) is 0 Å². The van der Waals surface area contributed by atoms with E-state index in [0.717, 1.165) is 34.0 Å². The van der Waals surface area contributed by atoms with E-state index in [0.29, 0.717) is 12.4 Å². The molecule has 0 unspecified atom stereocenters. The predicted octanol–water partition coefficient (Wildman–Crippen LogP) is 4.05. The Morgan fingerprint density at radius 3 is 2.67 bits per heavy atom. The molecule has 0 aliphatic rings. The monoisotopic (exact) mass is 320 g/mol. The molecule has 2 aromatic heterocycles. The van der Waals surface area contributed by atoms with E-state index in [-0.39, 0.29) is 0 Å². The zero-order valence-corrected chi connectivity index (χ0v) is 14.1. The highest BCUT2D eigenvalue weighted by Crippen LogP contribution is 2.24. The molecule has 0 saturated heterocycles. The molecule has 0 spiro atoms. The highest BCUT2D eigenvalue weighted by Gasteiger charge is 2.11. The second kappa shape index (κ2) is 7.19. The minimum Gasteiger partial charge on any atom is -0.380 e.